The summed E-state index contributed by atoms with van der Waals surface area (Å²) in [5.74, 6) is 2.41. The number of fused-ring (bicyclic) bond motifs is 1. The van der Waals surface area contributed by atoms with E-state index in [4.69, 9.17) is 4.74 Å². The molecule has 1 fully saturated rings. The number of hydrogen-bond acceptors (Lipinski definition) is 3. The summed E-state index contributed by atoms with van der Waals surface area (Å²) < 4.78 is 19.2. The van der Waals surface area contributed by atoms with E-state index in [1.165, 1.54) is 12.1 Å². The molecule has 0 bridgehead atoms. The number of aliphatic hydroxyl groups excluding tert-OH is 1. The van der Waals surface area contributed by atoms with E-state index in [-0.39, 0.29) is 11.4 Å². The topological polar surface area (TPSA) is 29.5 Å². The molecular formula is C13H15FO2S. The van der Waals surface area contributed by atoms with E-state index in [1.54, 1.807) is 6.07 Å². The molecule has 1 spiro atoms. The molecule has 1 N–H and O–H groups in total. The summed E-state index contributed by atoms with van der Waals surface area (Å²) in [6, 6.07) is 4.40. The van der Waals surface area contributed by atoms with Gasteiger partial charge >= 0.3 is 0 Å². The minimum absolute atomic E-state index is 0.243. The minimum Gasteiger partial charge on any atom is -0.486 e. The Bertz CT molecular complexity index is 429. The van der Waals surface area contributed by atoms with E-state index < -0.39 is 6.10 Å². The largest absolute Gasteiger partial charge is 0.486 e. The highest BCUT2D eigenvalue weighted by molar-refractivity contribution is 7.99. The van der Waals surface area contributed by atoms with Gasteiger partial charge in [0.25, 0.3) is 0 Å². The fourth-order valence-corrected chi connectivity index (χ4v) is 3.86. The first-order valence-electron chi connectivity index (χ1n) is 5.93. The Hall–Kier alpha value is -0.740. The van der Waals surface area contributed by atoms with Crippen LogP contribution < -0.4 is 4.74 Å². The zero-order valence-electron chi connectivity index (χ0n) is 9.49. The van der Waals surface area contributed by atoms with Crippen LogP contribution in [0, 0.1) is 5.82 Å². The van der Waals surface area contributed by atoms with Gasteiger partial charge in [-0.3, -0.25) is 0 Å². The minimum atomic E-state index is -0.604. The molecule has 1 saturated heterocycles. The van der Waals surface area contributed by atoms with Crippen LogP contribution in [0.1, 0.15) is 30.9 Å². The lowest BCUT2D eigenvalue weighted by molar-refractivity contribution is -0.00578. The normalized spacial score (nSPS) is 32.0. The summed E-state index contributed by atoms with van der Waals surface area (Å²) in [7, 11) is 0. The van der Waals surface area contributed by atoms with Crippen LogP contribution in [0.5, 0.6) is 5.75 Å². The fraction of sp³-hybridized carbons (Fsp3) is 0.538. The Labute approximate surface area is 104 Å². The molecule has 3 rings (SSSR count). The van der Waals surface area contributed by atoms with Gasteiger partial charge in [-0.25, -0.2) is 4.39 Å². The number of thioether (sulfide) groups is 1. The van der Waals surface area contributed by atoms with Gasteiger partial charge in [-0.15, -0.1) is 0 Å². The van der Waals surface area contributed by atoms with Crippen molar-refractivity contribution in [3.05, 3.63) is 29.6 Å². The lowest BCUT2D eigenvalue weighted by atomic mass is 9.86. The molecule has 2 atom stereocenters. The van der Waals surface area contributed by atoms with Crippen LogP contribution in [0.4, 0.5) is 4.39 Å². The van der Waals surface area contributed by atoms with Crippen molar-refractivity contribution in [2.45, 2.75) is 31.0 Å². The van der Waals surface area contributed by atoms with Crippen molar-refractivity contribution in [2.24, 2.45) is 0 Å². The Morgan fingerprint density at radius 3 is 3.12 bits per heavy atom. The molecule has 2 nitrogen and oxygen atoms in total. The molecular weight excluding hydrogens is 239 g/mol. The van der Waals surface area contributed by atoms with Crippen LogP contribution in [0.3, 0.4) is 0 Å². The van der Waals surface area contributed by atoms with E-state index >= 15 is 0 Å². The van der Waals surface area contributed by atoms with E-state index in [0.29, 0.717) is 17.7 Å². The summed E-state index contributed by atoms with van der Waals surface area (Å²) in [5, 5.41) is 10.1. The number of ether oxygens (including phenoxy) is 1. The zero-order chi connectivity index (χ0) is 11.9. The second-order valence-electron chi connectivity index (χ2n) is 4.84. The molecule has 92 valence electrons. The third kappa shape index (κ3) is 2.04. The standard InChI is InChI=1S/C13H15FO2S/c14-9-2-3-12-10(6-9)11(15)7-13(16-12)4-1-5-17-8-13/h2-3,6,11,15H,1,4-5,7-8H2/t11-,13?/m1/s1. The molecule has 2 aliphatic heterocycles. The maximum Gasteiger partial charge on any atom is 0.126 e. The van der Waals surface area contributed by atoms with Gasteiger partial charge in [0.05, 0.1) is 6.10 Å². The average Bonchev–Trinajstić information content (AvgIpc) is 2.31. The molecule has 0 amide bonds. The maximum atomic E-state index is 13.1. The quantitative estimate of drug-likeness (QED) is 0.772. The van der Waals surface area contributed by atoms with E-state index in [0.717, 1.165) is 24.3 Å². The first kappa shape index (κ1) is 11.4. The molecule has 2 aliphatic rings. The number of benzene rings is 1. The maximum absolute atomic E-state index is 13.1. The molecule has 0 radical (unpaired) electrons. The Morgan fingerprint density at radius 1 is 1.47 bits per heavy atom. The first-order valence-corrected chi connectivity index (χ1v) is 7.08. The van der Waals surface area contributed by atoms with Crippen molar-refractivity contribution < 1.29 is 14.2 Å². The lowest BCUT2D eigenvalue weighted by Gasteiger charge is -2.42. The second-order valence-corrected chi connectivity index (χ2v) is 5.95. The van der Waals surface area contributed by atoms with Crippen LogP contribution in [0.2, 0.25) is 0 Å². The Balaban J connectivity index is 1.94. The number of halogens is 1. The van der Waals surface area contributed by atoms with Gasteiger partial charge in [0.15, 0.2) is 0 Å². The van der Waals surface area contributed by atoms with Crippen molar-refractivity contribution in [3.63, 3.8) is 0 Å². The second kappa shape index (κ2) is 4.18. The molecule has 1 unspecified atom stereocenters. The van der Waals surface area contributed by atoms with Gasteiger partial charge in [-0.1, -0.05) is 0 Å². The number of aliphatic hydroxyl groups is 1. The van der Waals surface area contributed by atoms with Crippen molar-refractivity contribution in [3.8, 4) is 5.75 Å². The van der Waals surface area contributed by atoms with Gasteiger partial charge in [-0.2, -0.15) is 11.8 Å². The molecule has 0 aliphatic carbocycles. The zero-order valence-corrected chi connectivity index (χ0v) is 10.3. The highest BCUT2D eigenvalue weighted by Crippen LogP contribution is 2.45. The molecule has 2 heterocycles. The van der Waals surface area contributed by atoms with Gasteiger partial charge in [0, 0.05) is 17.7 Å². The molecule has 4 heteroatoms. The van der Waals surface area contributed by atoms with Crippen LogP contribution in [-0.2, 0) is 0 Å². The van der Waals surface area contributed by atoms with E-state index in [1.807, 2.05) is 11.8 Å². The van der Waals surface area contributed by atoms with Gasteiger partial charge in [-0.05, 0) is 36.8 Å². The molecule has 17 heavy (non-hydrogen) atoms. The Kier molecular flexibility index (Phi) is 2.79. The van der Waals surface area contributed by atoms with Crippen LogP contribution >= 0.6 is 11.8 Å². The summed E-state index contributed by atoms with van der Waals surface area (Å²) in [4.78, 5) is 0. The first-order chi connectivity index (χ1) is 8.19. The van der Waals surface area contributed by atoms with Crippen molar-refractivity contribution in [1.82, 2.24) is 0 Å². The van der Waals surface area contributed by atoms with Crippen LogP contribution in [0.15, 0.2) is 18.2 Å². The molecule has 0 aromatic heterocycles. The molecule has 0 saturated carbocycles. The molecule has 1 aromatic carbocycles. The fourth-order valence-electron chi connectivity index (χ4n) is 2.68. The number of hydrogen-bond donors (Lipinski definition) is 1. The third-order valence-corrected chi connectivity index (χ3v) is 4.82. The van der Waals surface area contributed by atoms with Crippen molar-refractivity contribution in [2.75, 3.05) is 11.5 Å². The summed E-state index contributed by atoms with van der Waals surface area (Å²) in [5.41, 5.74) is 0.346. The smallest absolute Gasteiger partial charge is 0.126 e. The van der Waals surface area contributed by atoms with Gasteiger partial charge in [0.1, 0.15) is 17.2 Å². The lowest BCUT2D eigenvalue weighted by Crippen LogP contribution is -2.45. The highest BCUT2D eigenvalue weighted by Gasteiger charge is 2.41. The number of rotatable bonds is 0. The highest BCUT2D eigenvalue weighted by atomic mass is 32.2. The van der Waals surface area contributed by atoms with E-state index in [2.05, 4.69) is 0 Å². The predicted molar refractivity (Wildman–Crippen MR) is 65.9 cm³/mol. The van der Waals surface area contributed by atoms with Crippen molar-refractivity contribution in [1.29, 1.82) is 0 Å². The van der Waals surface area contributed by atoms with Gasteiger partial charge in [0.2, 0.25) is 0 Å². The van der Waals surface area contributed by atoms with Crippen LogP contribution in [-0.4, -0.2) is 22.2 Å². The predicted octanol–water partition coefficient (Wildman–Crippen LogP) is 2.91. The SMILES string of the molecule is O[C@@H]1CC2(CCCSC2)Oc2ccc(F)cc21. The van der Waals surface area contributed by atoms with Gasteiger partial charge < -0.3 is 9.84 Å². The monoisotopic (exact) mass is 254 g/mol. The van der Waals surface area contributed by atoms with Crippen molar-refractivity contribution >= 4 is 11.8 Å². The average molecular weight is 254 g/mol. The Morgan fingerprint density at radius 2 is 2.35 bits per heavy atom. The summed E-state index contributed by atoms with van der Waals surface area (Å²) >= 11 is 1.87. The van der Waals surface area contributed by atoms with E-state index in [9.17, 15) is 9.50 Å². The summed E-state index contributed by atoms with van der Waals surface area (Å²) in [6.07, 6.45) is 2.08. The molecule has 1 aromatic rings. The summed E-state index contributed by atoms with van der Waals surface area (Å²) in [6.45, 7) is 0. The van der Waals surface area contributed by atoms with Crippen LogP contribution in [0.25, 0.3) is 0 Å². The third-order valence-electron chi connectivity index (χ3n) is 3.51.